The first-order chi connectivity index (χ1) is 8.64. The maximum atomic E-state index is 4.57. The summed E-state index contributed by atoms with van der Waals surface area (Å²) in [4.78, 5) is 0. The topological polar surface area (TPSA) is 25.8 Å². The van der Waals surface area contributed by atoms with Gasteiger partial charge in [-0.25, -0.2) is 0 Å². The molecule has 0 amide bonds. The molecule has 0 saturated carbocycles. The molecule has 0 aliphatic rings. The summed E-state index contributed by atoms with van der Waals surface area (Å²) in [6, 6.07) is 0. The molecule has 0 saturated heterocycles. The maximum absolute atomic E-state index is 4.57. The van der Waals surface area contributed by atoms with Gasteiger partial charge < -0.3 is 0 Å². The van der Waals surface area contributed by atoms with E-state index in [0.717, 1.165) is 5.69 Å². The lowest BCUT2D eigenvalue weighted by molar-refractivity contribution is 0.360. The van der Waals surface area contributed by atoms with E-state index in [0.29, 0.717) is 0 Å². The first kappa shape index (κ1) is 15.6. The van der Waals surface area contributed by atoms with Crippen LogP contribution in [0.15, 0.2) is 0 Å². The molecule has 0 aliphatic carbocycles. The van der Waals surface area contributed by atoms with Crippen molar-refractivity contribution in [3.63, 3.8) is 0 Å². The molecule has 18 heavy (non-hydrogen) atoms. The van der Waals surface area contributed by atoms with Crippen LogP contribution in [0.2, 0.25) is 0 Å². The van der Waals surface area contributed by atoms with Gasteiger partial charge in [-0.05, 0) is 19.8 Å². The Kier molecular flexibility index (Phi) is 6.83. The van der Waals surface area contributed by atoms with E-state index in [1.807, 2.05) is 0 Å². The zero-order valence-electron chi connectivity index (χ0n) is 12.5. The lowest BCUT2D eigenvalue weighted by Gasteiger charge is -2.28. The van der Waals surface area contributed by atoms with E-state index < -0.39 is 0 Å². The monoisotopic (exact) mass is 268 g/mol. The van der Waals surface area contributed by atoms with Gasteiger partial charge in [0.1, 0.15) is 0 Å². The molecule has 0 aromatic carbocycles. The van der Waals surface area contributed by atoms with Gasteiger partial charge in [-0.1, -0.05) is 59.3 Å². The lowest BCUT2D eigenvalue weighted by atomic mass is 9.76. The molecule has 3 heteroatoms. The number of hydrogen-bond acceptors (Lipinski definition) is 3. The van der Waals surface area contributed by atoms with E-state index in [9.17, 15) is 0 Å². The third kappa shape index (κ3) is 4.34. The Morgan fingerprint density at radius 3 is 2.17 bits per heavy atom. The average Bonchev–Trinajstić information content (AvgIpc) is 2.79. The minimum absolute atomic E-state index is 0.251. The van der Waals surface area contributed by atoms with E-state index in [1.165, 1.54) is 68.8 Å². The van der Waals surface area contributed by atoms with Crippen molar-refractivity contribution in [3.05, 3.63) is 11.4 Å². The van der Waals surface area contributed by atoms with Crippen molar-refractivity contribution in [2.24, 2.45) is 0 Å². The first-order valence-corrected chi connectivity index (χ1v) is 8.16. The number of aryl methyl sites for hydroxylation is 1. The SMILES string of the molecule is CCCCCCC(C)(CCCC)c1nsnc1C. The van der Waals surface area contributed by atoms with Gasteiger partial charge in [0.05, 0.1) is 23.1 Å². The molecule has 0 spiro atoms. The minimum Gasteiger partial charge on any atom is -0.178 e. The molecule has 1 heterocycles. The van der Waals surface area contributed by atoms with Crippen molar-refractivity contribution < 1.29 is 0 Å². The van der Waals surface area contributed by atoms with E-state index in [4.69, 9.17) is 0 Å². The normalized spacial score (nSPS) is 14.7. The van der Waals surface area contributed by atoms with Crippen LogP contribution in [-0.2, 0) is 5.41 Å². The Balaban J connectivity index is 2.66. The van der Waals surface area contributed by atoms with Crippen LogP contribution in [-0.4, -0.2) is 8.75 Å². The standard InChI is InChI=1S/C15H28N2S/c1-5-7-9-10-12-15(4,11-8-6-2)14-13(3)16-18-17-14/h5-12H2,1-4H3. The molecule has 0 fully saturated rings. The van der Waals surface area contributed by atoms with Gasteiger partial charge in [0.25, 0.3) is 0 Å². The molecule has 2 nitrogen and oxygen atoms in total. The second-order valence-electron chi connectivity index (χ2n) is 5.67. The van der Waals surface area contributed by atoms with Crippen LogP contribution >= 0.6 is 11.7 Å². The highest BCUT2D eigenvalue weighted by Gasteiger charge is 2.30. The number of unbranched alkanes of at least 4 members (excludes halogenated alkanes) is 4. The molecule has 104 valence electrons. The molecule has 0 bridgehead atoms. The van der Waals surface area contributed by atoms with E-state index in [-0.39, 0.29) is 5.41 Å². The van der Waals surface area contributed by atoms with E-state index >= 15 is 0 Å². The smallest absolute Gasteiger partial charge is 0.0831 e. The molecule has 0 aliphatic heterocycles. The molecular formula is C15H28N2S. The zero-order valence-corrected chi connectivity index (χ0v) is 13.3. The van der Waals surface area contributed by atoms with Gasteiger partial charge in [0.15, 0.2) is 0 Å². The predicted octanol–water partition coefficient (Wildman–Crippen LogP) is 5.26. The summed E-state index contributed by atoms with van der Waals surface area (Å²) in [6.07, 6.45) is 10.4. The second-order valence-corrected chi connectivity index (χ2v) is 6.20. The average molecular weight is 268 g/mol. The van der Waals surface area contributed by atoms with Gasteiger partial charge >= 0.3 is 0 Å². The van der Waals surface area contributed by atoms with Gasteiger partial charge in [0, 0.05) is 5.41 Å². The molecule has 1 aromatic rings. The lowest BCUT2D eigenvalue weighted by Crippen LogP contribution is -2.23. The highest BCUT2D eigenvalue weighted by Crippen LogP contribution is 2.35. The van der Waals surface area contributed by atoms with Crippen molar-refractivity contribution in [2.75, 3.05) is 0 Å². The number of aromatic nitrogens is 2. The Morgan fingerprint density at radius 1 is 0.944 bits per heavy atom. The number of hydrogen-bond donors (Lipinski definition) is 0. The zero-order chi connectivity index (χ0) is 13.4. The van der Waals surface area contributed by atoms with Crippen LogP contribution in [0.4, 0.5) is 0 Å². The van der Waals surface area contributed by atoms with Crippen molar-refractivity contribution in [1.29, 1.82) is 0 Å². The number of nitrogens with zero attached hydrogens (tertiary/aromatic N) is 2. The summed E-state index contributed by atoms with van der Waals surface area (Å²) in [5.41, 5.74) is 2.66. The third-order valence-corrected chi connectivity index (χ3v) is 4.51. The van der Waals surface area contributed by atoms with Crippen LogP contribution < -0.4 is 0 Å². The summed E-state index contributed by atoms with van der Waals surface area (Å²) >= 11 is 1.37. The Bertz CT molecular complexity index is 335. The largest absolute Gasteiger partial charge is 0.178 e. The van der Waals surface area contributed by atoms with Crippen LogP contribution in [0.5, 0.6) is 0 Å². The second kappa shape index (κ2) is 7.88. The Hall–Kier alpha value is -0.440. The molecule has 1 aromatic heterocycles. The van der Waals surface area contributed by atoms with Gasteiger partial charge in [-0.2, -0.15) is 8.75 Å². The Morgan fingerprint density at radius 2 is 1.61 bits per heavy atom. The fourth-order valence-electron chi connectivity index (χ4n) is 2.65. The molecule has 1 atom stereocenters. The molecular weight excluding hydrogens is 240 g/mol. The fraction of sp³-hybridized carbons (Fsp3) is 0.867. The summed E-state index contributed by atoms with van der Waals surface area (Å²) in [5, 5.41) is 0. The van der Waals surface area contributed by atoms with Crippen molar-refractivity contribution in [2.45, 2.75) is 84.5 Å². The predicted molar refractivity (Wildman–Crippen MR) is 80.3 cm³/mol. The molecule has 1 unspecified atom stereocenters. The van der Waals surface area contributed by atoms with Crippen LogP contribution in [0, 0.1) is 6.92 Å². The summed E-state index contributed by atoms with van der Waals surface area (Å²) in [6.45, 7) is 9.03. The maximum Gasteiger partial charge on any atom is 0.0831 e. The number of rotatable bonds is 9. The summed E-state index contributed by atoms with van der Waals surface area (Å²) in [5.74, 6) is 0. The first-order valence-electron chi connectivity index (χ1n) is 7.43. The minimum atomic E-state index is 0.251. The highest BCUT2D eigenvalue weighted by molar-refractivity contribution is 6.99. The fourth-order valence-corrected chi connectivity index (χ4v) is 3.33. The quantitative estimate of drug-likeness (QED) is 0.570. The van der Waals surface area contributed by atoms with Crippen molar-refractivity contribution in [1.82, 2.24) is 8.75 Å². The van der Waals surface area contributed by atoms with Crippen LogP contribution in [0.1, 0.15) is 83.5 Å². The van der Waals surface area contributed by atoms with Gasteiger partial charge in [-0.3, -0.25) is 0 Å². The van der Waals surface area contributed by atoms with Crippen molar-refractivity contribution in [3.8, 4) is 0 Å². The summed E-state index contributed by atoms with van der Waals surface area (Å²) in [7, 11) is 0. The van der Waals surface area contributed by atoms with E-state index in [2.05, 4.69) is 36.4 Å². The van der Waals surface area contributed by atoms with Crippen LogP contribution in [0.3, 0.4) is 0 Å². The molecule has 1 rings (SSSR count). The molecule has 0 N–H and O–H groups in total. The van der Waals surface area contributed by atoms with Gasteiger partial charge in [-0.15, -0.1) is 0 Å². The van der Waals surface area contributed by atoms with Crippen molar-refractivity contribution >= 4 is 11.7 Å². The van der Waals surface area contributed by atoms with Crippen LogP contribution in [0.25, 0.3) is 0 Å². The third-order valence-electron chi connectivity index (χ3n) is 3.89. The van der Waals surface area contributed by atoms with E-state index in [1.54, 1.807) is 0 Å². The summed E-state index contributed by atoms with van der Waals surface area (Å²) < 4.78 is 8.94. The van der Waals surface area contributed by atoms with Gasteiger partial charge in [0.2, 0.25) is 0 Å². The highest BCUT2D eigenvalue weighted by atomic mass is 32.1. The Labute approximate surface area is 117 Å². The molecule has 0 radical (unpaired) electrons.